The van der Waals surface area contributed by atoms with Crippen LogP contribution in [0.4, 0.5) is 11.5 Å². The number of methoxy groups -OCH3 is 1. The monoisotopic (exact) mass is 663 g/mol. The minimum Gasteiger partial charge on any atom is -0.481 e. The van der Waals surface area contributed by atoms with Crippen LogP contribution >= 0.6 is 23.2 Å². The van der Waals surface area contributed by atoms with Gasteiger partial charge in [0.2, 0.25) is 5.88 Å². The van der Waals surface area contributed by atoms with Crippen LogP contribution in [0.1, 0.15) is 12.0 Å². The molecule has 0 unspecified atom stereocenters. The van der Waals surface area contributed by atoms with Crippen molar-refractivity contribution < 1.29 is 14.6 Å². The molecule has 1 aliphatic rings. The van der Waals surface area contributed by atoms with Gasteiger partial charge in [-0.3, -0.25) is 13.9 Å². The molecule has 0 bridgehead atoms. The van der Waals surface area contributed by atoms with Gasteiger partial charge in [0, 0.05) is 55.5 Å². The summed E-state index contributed by atoms with van der Waals surface area (Å²) in [7, 11) is 4.50. The second-order valence-electron chi connectivity index (χ2n) is 10.9. The van der Waals surface area contributed by atoms with Crippen molar-refractivity contribution in [2.24, 2.45) is 14.1 Å². The van der Waals surface area contributed by atoms with Crippen molar-refractivity contribution in [2.75, 3.05) is 25.6 Å². The van der Waals surface area contributed by atoms with Crippen molar-refractivity contribution in [1.29, 1.82) is 0 Å². The molecule has 5 aromatic rings. The molecule has 2 atom stereocenters. The zero-order chi connectivity index (χ0) is 32.5. The number of nitrogens with one attached hydrogen (secondary N) is 2. The summed E-state index contributed by atoms with van der Waals surface area (Å²) in [5.41, 5.74) is 3.07. The third-order valence-corrected chi connectivity index (χ3v) is 8.88. The minimum atomic E-state index is -0.572. The number of anilines is 2. The first-order valence-corrected chi connectivity index (χ1v) is 15.2. The maximum atomic E-state index is 13.0. The molecule has 238 valence electrons. The molecule has 14 heteroatoms. The predicted octanol–water partition coefficient (Wildman–Crippen LogP) is 4.05. The number of ether oxygens (including phenoxy) is 2. The number of aromatic nitrogens is 5. The number of benzene rings is 2. The maximum absolute atomic E-state index is 13.0. The largest absolute Gasteiger partial charge is 0.481 e. The van der Waals surface area contributed by atoms with Crippen molar-refractivity contribution in [3.05, 3.63) is 91.3 Å². The maximum Gasteiger partial charge on any atom is 0.332 e. The third kappa shape index (κ3) is 5.85. The van der Waals surface area contributed by atoms with Crippen LogP contribution in [0.5, 0.6) is 5.88 Å². The van der Waals surface area contributed by atoms with Gasteiger partial charge < -0.3 is 25.2 Å². The highest BCUT2D eigenvalue weighted by Gasteiger charge is 2.24. The highest BCUT2D eigenvalue weighted by Crippen LogP contribution is 2.42. The Morgan fingerprint density at radius 3 is 2.50 bits per heavy atom. The van der Waals surface area contributed by atoms with E-state index in [4.69, 9.17) is 37.7 Å². The molecular formula is C32H31Cl2N7O5. The molecule has 0 aliphatic carbocycles. The molecule has 1 aliphatic heterocycles. The number of aliphatic hydroxyl groups excluding tert-OH is 1. The van der Waals surface area contributed by atoms with Gasteiger partial charge in [-0.15, -0.1) is 0 Å². The summed E-state index contributed by atoms with van der Waals surface area (Å²) in [5.74, 6) is 0.648. The Labute approximate surface area is 273 Å². The van der Waals surface area contributed by atoms with Crippen LogP contribution in [0.15, 0.2) is 64.4 Å². The normalized spacial score (nSPS) is 16.5. The van der Waals surface area contributed by atoms with Gasteiger partial charge in [0.25, 0.3) is 5.56 Å². The number of halogens is 2. The summed E-state index contributed by atoms with van der Waals surface area (Å²) in [6.45, 7) is 1.37. The Balaban J connectivity index is 1.32. The van der Waals surface area contributed by atoms with Crippen LogP contribution in [0, 0.1) is 0 Å². The molecule has 0 spiro atoms. The van der Waals surface area contributed by atoms with E-state index in [0.717, 1.165) is 10.1 Å². The number of hydrogen-bond donors (Lipinski definition) is 3. The number of hydrogen-bond acceptors (Lipinski definition) is 10. The molecule has 1 saturated heterocycles. The number of aliphatic hydroxyl groups is 1. The van der Waals surface area contributed by atoms with E-state index in [1.165, 1.54) is 25.0 Å². The standard InChI is InChI=1S/C32H31Cl2N7O5/c1-40-29-25(31(43)41(2)32(40)44)28(36-16-37-29)38-23-9-5-7-19(27(23)34)18-6-4-8-20(26(18)33)21-11-10-17(30(39-21)45-3)14-35-22-12-13-46-15-24(22)42/h4-11,16,22,24,35,42H,12-15H2,1-3H3,(H,36,37,38)/t22-,24+/m0/s1. The summed E-state index contributed by atoms with van der Waals surface area (Å²) in [6, 6.07) is 14.7. The first-order valence-electron chi connectivity index (χ1n) is 14.5. The first kappa shape index (κ1) is 31.6. The lowest BCUT2D eigenvalue weighted by atomic mass is 10.00. The van der Waals surface area contributed by atoms with Crippen molar-refractivity contribution in [1.82, 2.24) is 29.4 Å². The first-order chi connectivity index (χ1) is 22.2. The molecule has 6 rings (SSSR count). The number of fused-ring (bicyclic) bond motifs is 1. The molecular weight excluding hydrogens is 633 g/mol. The van der Waals surface area contributed by atoms with E-state index >= 15 is 0 Å². The van der Waals surface area contributed by atoms with Gasteiger partial charge in [-0.1, -0.05) is 59.6 Å². The van der Waals surface area contributed by atoms with Gasteiger partial charge in [-0.25, -0.2) is 19.7 Å². The number of pyridine rings is 1. The highest BCUT2D eigenvalue weighted by molar-refractivity contribution is 6.39. The SMILES string of the molecule is COc1nc(-c2cccc(-c3cccc(Nc4ncnc5c4c(=O)n(C)c(=O)n5C)c3Cl)c2Cl)ccc1CN[C@H]1CCOC[C@H]1O. The fourth-order valence-corrected chi connectivity index (χ4v) is 6.13. The van der Waals surface area contributed by atoms with Crippen LogP contribution in [-0.2, 0) is 25.4 Å². The molecule has 2 aromatic carbocycles. The molecule has 0 radical (unpaired) electrons. The molecule has 46 heavy (non-hydrogen) atoms. The van der Waals surface area contributed by atoms with E-state index < -0.39 is 17.4 Å². The quantitative estimate of drug-likeness (QED) is 0.222. The summed E-state index contributed by atoms with van der Waals surface area (Å²) in [5, 5.41) is 17.7. The van der Waals surface area contributed by atoms with E-state index in [-0.39, 0.29) is 22.9 Å². The predicted molar refractivity (Wildman–Crippen MR) is 177 cm³/mol. The van der Waals surface area contributed by atoms with Crippen LogP contribution < -0.4 is 26.6 Å². The molecule has 4 heterocycles. The lowest BCUT2D eigenvalue weighted by Gasteiger charge is -2.28. The van der Waals surface area contributed by atoms with Gasteiger partial charge >= 0.3 is 5.69 Å². The lowest BCUT2D eigenvalue weighted by Crippen LogP contribution is -2.46. The van der Waals surface area contributed by atoms with Crippen molar-refractivity contribution >= 4 is 45.7 Å². The zero-order valence-electron chi connectivity index (χ0n) is 25.3. The number of nitrogens with zero attached hydrogens (tertiary/aromatic N) is 5. The Morgan fingerprint density at radius 2 is 1.74 bits per heavy atom. The van der Waals surface area contributed by atoms with E-state index in [0.29, 0.717) is 70.2 Å². The van der Waals surface area contributed by atoms with Crippen LogP contribution in [0.2, 0.25) is 10.0 Å². The van der Waals surface area contributed by atoms with Crippen LogP contribution in [0.25, 0.3) is 33.4 Å². The second-order valence-corrected chi connectivity index (χ2v) is 11.6. The number of rotatable bonds is 8. The summed E-state index contributed by atoms with van der Waals surface area (Å²) < 4.78 is 13.2. The Morgan fingerprint density at radius 1 is 1.00 bits per heavy atom. The minimum absolute atomic E-state index is 0.0774. The molecule has 12 nitrogen and oxygen atoms in total. The fourth-order valence-electron chi connectivity index (χ4n) is 5.53. The van der Waals surface area contributed by atoms with Crippen molar-refractivity contribution in [2.45, 2.75) is 25.1 Å². The average Bonchev–Trinajstić information content (AvgIpc) is 3.07. The van der Waals surface area contributed by atoms with E-state index in [2.05, 4.69) is 20.6 Å². The number of aryl methyl sites for hydroxylation is 1. The van der Waals surface area contributed by atoms with Gasteiger partial charge in [0.05, 0.1) is 41.2 Å². The smallest absolute Gasteiger partial charge is 0.332 e. The fraction of sp³-hybridized carbons (Fsp3) is 0.281. The molecule has 3 N–H and O–H groups in total. The Bertz CT molecular complexity index is 2070. The third-order valence-electron chi connectivity index (χ3n) is 8.07. The zero-order valence-corrected chi connectivity index (χ0v) is 26.8. The lowest BCUT2D eigenvalue weighted by molar-refractivity contribution is -0.0281. The van der Waals surface area contributed by atoms with E-state index in [9.17, 15) is 14.7 Å². The molecule has 0 amide bonds. The summed E-state index contributed by atoms with van der Waals surface area (Å²) >= 11 is 14.0. The van der Waals surface area contributed by atoms with Gasteiger partial charge in [0.1, 0.15) is 17.5 Å². The van der Waals surface area contributed by atoms with Crippen LogP contribution in [-0.4, -0.2) is 61.7 Å². The Hall–Kier alpha value is -4.33. The highest BCUT2D eigenvalue weighted by atomic mass is 35.5. The Kier molecular flexibility index (Phi) is 9.07. The van der Waals surface area contributed by atoms with E-state index in [1.54, 1.807) is 13.2 Å². The topological polar surface area (TPSA) is 145 Å². The van der Waals surface area contributed by atoms with Gasteiger partial charge in [0.15, 0.2) is 5.65 Å². The summed E-state index contributed by atoms with van der Waals surface area (Å²) in [6.07, 6.45) is 1.42. The van der Waals surface area contributed by atoms with Crippen molar-refractivity contribution in [3.63, 3.8) is 0 Å². The molecule has 3 aromatic heterocycles. The molecule has 1 fully saturated rings. The van der Waals surface area contributed by atoms with Crippen molar-refractivity contribution in [3.8, 4) is 28.3 Å². The van der Waals surface area contributed by atoms with Gasteiger partial charge in [-0.05, 0) is 18.6 Å². The average molecular weight is 665 g/mol. The van der Waals surface area contributed by atoms with Crippen LogP contribution in [0.3, 0.4) is 0 Å². The van der Waals surface area contributed by atoms with Gasteiger partial charge in [-0.2, -0.15) is 0 Å². The summed E-state index contributed by atoms with van der Waals surface area (Å²) in [4.78, 5) is 38.6. The second kappa shape index (κ2) is 13.2. The van der Waals surface area contributed by atoms with E-state index in [1.807, 2.05) is 42.5 Å². The molecule has 0 saturated carbocycles.